The van der Waals surface area contributed by atoms with Crippen molar-refractivity contribution in [2.45, 2.75) is 38.6 Å². The van der Waals surface area contributed by atoms with Crippen LogP contribution in [0.4, 0.5) is 0 Å². The SMILES string of the molecule is CCNC(C1=CCCCC1)c1nn(C)c2ccccc12. The minimum absolute atomic E-state index is 0.270. The molecule has 1 aliphatic rings. The molecule has 1 unspecified atom stereocenters. The van der Waals surface area contributed by atoms with Crippen LogP contribution < -0.4 is 5.32 Å². The van der Waals surface area contributed by atoms with Crippen molar-refractivity contribution in [3.05, 3.63) is 41.6 Å². The first-order valence-electron chi connectivity index (χ1n) is 7.65. The van der Waals surface area contributed by atoms with E-state index in [0.717, 1.165) is 6.54 Å². The van der Waals surface area contributed by atoms with Gasteiger partial charge in [-0.15, -0.1) is 0 Å². The van der Waals surface area contributed by atoms with E-state index in [0.29, 0.717) is 0 Å². The third kappa shape index (κ3) is 2.38. The molecule has 0 bridgehead atoms. The average Bonchev–Trinajstić information content (AvgIpc) is 2.83. The fraction of sp³-hybridized carbons (Fsp3) is 0.471. The summed E-state index contributed by atoms with van der Waals surface area (Å²) in [6.07, 6.45) is 7.45. The first-order valence-corrected chi connectivity index (χ1v) is 7.65. The maximum atomic E-state index is 4.80. The molecule has 2 aromatic rings. The van der Waals surface area contributed by atoms with Gasteiger partial charge in [0.1, 0.15) is 0 Å². The number of aryl methyl sites for hydroxylation is 1. The molecule has 0 amide bonds. The number of hydrogen-bond acceptors (Lipinski definition) is 2. The van der Waals surface area contributed by atoms with Gasteiger partial charge in [0, 0.05) is 12.4 Å². The minimum atomic E-state index is 0.270. The van der Waals surface area contributed by atoms with Crippen molar-refractivity contribution in [1.29, 1.82) is 0 Å². The Morgan fingerprint density at radius 1 is 1.30 bits per heavy atom. The van der Waals surface area contributed by atoms with Gasteiger partial charge in [-0.2, -0.15) is 5.10 Å². The van der Waals surface area contributed by atoms with E-state index in [1.165, 1.54) is 47.9 Å². The molecule has 0 radical (unpaired) electrons. The number of benzene rings is 1. The molecule has 1 N–H and O–H groups in total. The first-order chi connectivity index (χ1) is 9.81. The maximum absolute atomic E-state index is 4.80. The van der Waals surface area contributed by atoms with Gasteiger partial charge in [0.2, 0.25) is 0 Å². The van der Waals surface area contributed by atoms with Crippen LogP contribution in [0.2, 0.25) is 0 Å². The normalized spacial score (nSPS) is 17.2. The van der Waals surface area contributed by atoms with Gasteiger partial charge in [-0.25, -0.2) is 0 Å². The molecule has 0 aliphatic heterocycles. The molecule has 0 fully saturated rings. The van der Waals surface area contributed by atoms with E-state index < -0.39 is 0 Å². The fourth-order valence-electron chi connectivity index (χ4n) is 3.19. The summed E-state index contributed by atoms with van der Waals surface area (Å²) in [5.74, 6) is 0. The van der Waals surface area contributed by atoms with Gasteiger partial charge in [-0.3, -0.25) is 4.68 Å². The van der Waals surface area contributed by atoms with Crippen LogP contribution in [0.1, 0.15) is 44.3 Å². The summed E-state index contributed by atoms with van der Waals surface area (Å²) < 4.78 is 2.00. The number of likely N-dealkylation sites (N-methyl/N-ethyl adjacent to an activating group) is 1. The summed E-state index contributed by atoms with van der Waals surface area (Å²) in [5.41, 5.74) is 3.90. The highest BCUT2D eigenvalue weighted by atomic mass is 15.3. The minimum Gasteiger partial charge on any atom is -0.305 e. The third-order valence-corrected chi connectivity index (χ3v) is 4.16. The predicted molar refractivity (Wildman–Crippen MR) is 83.7 cm³/mol. The number of rotatable bonds is 4. The van der Waals surface area contributed by atoms with Crippen molar-refractivity contribution in [2.75, 3.05) is 6.54 Å². The molecule has 1 atom stereocenters. The summed E-state index contributed by atoms with van der Waals surface area (Å²) in [4.78, 5) is 0. The zero-order chi connectivity index (χ0) is 13.9. The lowest BCUT2D eigenvalue weighted by Crippen LogP contribution is -2.24. The fourth-order valence-corrected chi connectivity index (χ4v) is 3.19. The summed E-state index contributed by atoms with van der Waals surface area (Å²) in [6, 6.07) is 8.78. The lowest BCUT2D eigenvalue weighted by atomic mass is 9.91. The average molecular weight is 269 g/mol. The number of nitrogens with zero attached hydrogens (tertiary/aromatic N) is 2. The Hall–Kier alpha value is -1.61. The summed E-state index contributed by atoms with van der Waals surface area (Å²) in [6.45, 7) is 3.13. The van der Waals surface area contributed by atoms with Crippen LogP contribution in [0.3, 0.4) is 0 Å². The molecule has 1 aromatic heterocycles. The van der Waals surface area contributed by atoms with Crippen molar-refractivity contribution < 1.29 is 0 Å². The monoisotopic (exact) mass is 269 g/mol. The van der Waals surface area contributed by atoms with E-state index >= 15 is 0 Å². The Balaban J connectivity index is 2.07. The van der Waals surface area contributed by atoms with Crippen molar-refractivity contribution in [3.63, 3.8) is 0 Å². The Kier molecular flexibility index (Phi) is 3.88. The molecule has 3 nitrogen and oxygen atoms in total. The molecular formula is C17H23N3. The van der Waals surface area contributed by atoms with Crippen LogP contribution in [0.25, 0.3) is 10.9 Å². The molecule has 3 rings (SSSR count). The highest BCUT2D eigenvalue weighted by Gasteiger charge is 2.22. The molecule has 0 spiro atoms. The number of para-hydroxylation sites is 1. The van der Waals surface area contributed by atoms with Gasteiger partial charge in [0.25, 0.3) is 0 Å². The number of fused-ring (bicyclic) bond motifs is 1. The van der Waals surface area contributed by atoms with Crippen LogP contribution in [-0.4, -0.2) is 16.3 Å². The molecule has 1 aromatic carbocycles. The Bertz CT molecular complexity index is 624. The Morgan fingerprint density at radius 3 is 2.90 bits per heavy atom. The van der Waals surface area contributed by atoms with Crippen LogP contribution in [0.5, 0.6) is 0 Å². The molecule has 1 heterocycles. The topological polar surface area (TPSA) is 29.9 Å². The van der Waals surface area contributed by atoms with Gasteiger partial charge < -0.3 is 5.32 Å². The second-order valence-corrected chi connectivity index (χ2v) is 5.54. The van der Waals surface area contributed by atoms with E-state index in [9.17, 15) is 0 Å². The quantitative estimate of drug-likeness (QED) is 0.857. The van der Waals surface area contributed by atoms with Crippen molar-refractivity contribution in [2.24, 2.45) is 7.05 Å². The number of hydrogen-bond donors (Lipinski definition) is 1. The summed E-state index contributed by atoms with van der Waals surface area (Å²) in [5, 5.41) is 9.70. The smallest absolute Gasteiger partial charge is 0.0914 e. The first kappa shape index (κ1) is 13.4. The molecule has 3 heteroatoms. The lowest BCUT2D eigenvalue weighted by Gasteiger charge is -2.23. The number of aromatic nitrogens is 2. The molecule has 1 aliphatic carbocycles. The lowest BCUT2D eigenvalue weighted by molar-refractivity contribution is 0.549. The number of allylic oxidation sites excluding steroid dienone is 1. The van der Waals surface area contributed by atoms with E-state index in [-0.39, 0.29) is 6.04 Å². The molecule has 20 heavy (non-hydrogen) atoms. The van der Waals surface area contributed by atoms with Gasteiger partial charge >= 0.3 is 0 Å². The van der Waals surface area contributed by atoms with Crippen LogP contribution in [-0.2, 0) is 7.05 Å². The van der Waals surface area contributed by atoms with E-state index in [4.69, 9.17) is 5.10 Å². The highest BCUT2D eigenvalue weighted by Crippen LogP contribution is 2.32. The second-order valence-electron chi connectivity index (χ2n) is 5.54. The standard InChI is InChI=1S/C17H23N3/c1-3-18-16(13-9-5-4-6-10-13)17-14-11-7-8-12-15(14)20(2)19-17/h7-9,11-12,16,18H,3-6,10H2,1-2H3. The van der Waals surface area contributed by atoms with E-state index in [2.05, 4.69) is 42.6 Å². The highest BCUT2D eigenvalue weighted by molar-refractivity contribution is 5.82. The van der Waals surface area contributed by atoms with E-state index in [1.807, 2.05) is 11.7 Å². The van der Waals surface area contributed by atoms with Gasteiger partial charge in [0.15, 0.2) is 0 Å². The predicted octanol–water partition coefficient (Wildman–Crippen LogP) is 3.72. The van der Waals surface area contributed by atoms with Crippen LogP contribution in [0, 0.1) is 0 Å². The zero-order valence-corrected chi connectivity index (χ0v) is 12.4. The molecule has 106 valence electrons. The van der Waals surface area contributed by atoms with Crippen molar-refractivity contribution in [3.8, 4) is 0 Å². The van der Waals surface area contributed by atoms with Crippen LogP contribution in [0.15, 0.2) is 35.9 Å². The number of nitrogens with one attached hydrogen (secondary N) is 1. The Labute approximate surface area is 120 Å². The maximum Gasteiger partial charge on any atom is 0.0914 e. The molecule has 0 saturated carbocycles. The van der Waals surface area contributed by atoms with Crippen LogP contribution >= 0.6 is 0 Å². The van der Waals surface area contributed by atoms with Gasteiger partial charge in [-0.05, 0) is 38.3 Å². The largest absolute Gasteiger partial charge is 0.305 e. The molecule has 0 saturated heterocycles. The Morgan fingerprint density at radius 2 is 2.15 bits per heavy atom. The van der Waals surface area contributed by atoms with Crippen molar-refractivity contribution >= 4 is 10.9 Å². The third-order valence-electron chi connectivity index (χ3n) is 4.16. The molecular weight excluding hydrogens is 246 g/mol. The summed E-state index contributed by atoms with van der Waals surface area (Å²) >= 11 is 0. The second kappa shape index (κ2) is 5.80. The van der Waals surface area contributed by atoms with Gasteiger partial charge in [0.05, 0.1) is 17.3 Å². The summed E-state index contributed by atoms with van der Waals surface area (Å²) in [7, 11) is 2.03. The zero-order valence-electron chi connectivity index (χ0n) is 12.4. The van der Waals surface area contributed by atoms with Gasteiger partial charge in [-0.1, -0.05) is 36.8 Å². The van der Waals surface area contributed by atoms with E-state index in [1.54, 1.807) is 0 Å². The van der Waals surface area contributed by atoms with Crippen molar-refractivity contribution in [1.82, 2.24) is 15.1 Å².